The summed E-state index contributed by atoms with van der Waals surface area (Å²) in [5, 5.41) is 20.9. The number of hydrogen-bond acceptors (Lipinski definition) is 16. The molecule has 0 radical (unpaired) electrons. The van der Waals surface area contributed by atoms with Crippen LogP contribution in [0.3, 0.4) is 0 Å². The van der Waals surface area contributed by atoms with Gasteiger partial charge in [0.2, 0.25) is 0 Å². The van der Waals surface area contributed by atoms with Gasteiger partial charge in [0.05, 0.1) is 13.2 Å². The third-order valence-electron chi connectivity index (χ3n) is 11.0. The maximum atomic E-state index is 12.8. The number of ketones is 1. The van der Waals surface area contributed by atoms with Gasteiger partial charge in [0.15, 0.2) is 18.1 Å². The first-order valence-electron chi connectivity index (χ1n) is 24.3. The highest BCUT2D eigenvalue weighted by atomic mass is 31.3. The summed E-state index contributed by atoms with van der Waals surface area (Å²) in [6.07, 6.45) is 23.9. The molecule has 1 saturated heterocycles. The number of aromatic nitrogens is 2. The predicted octanol–water partition coefficient (Wildman–Crippen LogP) is 8.62. The summed E-state index contributed by atoms with van der Waals surface area (Å²) in [5.74, 6) is -1.23. The van der Waals surface area contributed by atoms with Crippen LogP contribution in [0.25, 0.3) is 0 Å². The van der Waals surface area contributed by atoms with Crippen molar-refractivity contribution in [3.05, 3.63) is 47.1 Å². The summed E-state index contributed by atoms with van der Waals surface area (Å²) in [5.41, 5.74) is 4.57. The Kier molecular flexibility index (Phi) is 31.4. The number of carbonyl (C=O) groups is 3. The number of hydrogen-bond donors (Lipinski definition) is 5. The van der Waals surface area contributed by atoms with Crippen molar-refractivity contribution in [2.45, 2.75) is 205 Å². The number of esters is 2. The van der Waals surface area contributed by atoms with Gasteiger partial charge in [0.25, 0.3) is 0 Å². The van der Waals surface area contributed by atoms with E-state index in [1.165, 1.54) is 57.4 Å². The number of anilines is 1. The van der Waals surface area contributed by atoms with Crippen LogP contribution in [0.1, 0.15) is 181 Å². The van der Waals surface area contributed by atoms with Gasteiger partial charge < -0.3 is 39.9 Å². The summed E-state index contributed by atoms with van der Waals surface area (Å²) < 4.78 is 56.6. The number of nitrogens with two attached hydrogens (primary N) is 1. The van der Waals surface area contributed by atoms with Gasteiger partial charge in [-0.3, -0.25) is 28.0 Å². The molecule has 0 spiro atoms. The SMILES string of the molecule is CCCCCCCCCCCCCCCC(=O)OC[C@H](COP(=O)(O)OP(=O)(O)OC[C@H]1O[C@@H](n2ccc(N)nc2=O)[C@H](O)[C@@H]1O)OC(=O)CCCCCCC/C=C\C=C\C(=O)CCCCC. The Balaban J connectivity index is 1.83. The Labute approximate surface area is 396 Å². The minimum absolute atomic E-state index is 0.00146. The minimum Gasteiger partial charge on any atom is -0.462 e. The van der Waals surface area contributed by atoms with Gasteiger partial charge in [-0.15, -0.1) is 0 Å². The molecule has 0 aliphatic carbocycles. The van der Waals surface area contributed by atoms with Crippen molar-refractivity contribution in [1.82, 2.24) is 9.55 Å². The molecule has 0 amide bonds. The molecule has 1 aromatic rings. The lowest BCUT2D eigenvalue weighted by molar-refractivity contribution is -0.161. The van der Waals surface area contributed by atoms with Gasteiger partial charge in [-0.1, -0.05) is 141 Å². The summed E-state index contributed by atoms with van der Waals surface area (Å²) in [7, 11) is -10.9. The Bertz CT molecular complexity index is 1780. The number of rotatable bonds is 40. The van der Waals surface area contributed by atoms with Crippen molar-refractivity contribution in [2.24, 2.45) is 0 Å². The van der Waals surface area contributed by atoms with Crippen molar-refractivity contribution in [3.63, 3.8) is 0 Å². The van der Waals surface area contributed by atoms with Crippen LogP contribution in [0.5, 0.6) is 0 Å². The van der Waals surface area contributed by atoms with Gasteiger partial charge in [-0.2, -0.15) is 9.29 Å². The first-order chi connectivity index (χ1) is 32.1. The molecule has 7 atom stereocenters. The van der Waals surface area contributed by atoms with Crippen LogP contribution in [0.4, 0.5) is 5.82 Å². The van der Waals surface area contributed by atoms with Crippen LogP contribution in [0.2, 0.25) is 0 Å². The zero-order valence-electron chi connectivity index (χ0n) is 39.7. The molecule has 19 nitrogen and oxygen atoms in total. The van der Waals surface area contributed by atoms with E-state index in [0.29, 0.717) is 19.3 Å². The number of ether oxygens (including phenoxy) is 3. The van der Waals surface area contributed by atoms with Crippen LogP contribution in [0, 0.1) is 0 Å². The van der Waals surface area contributed by atoms with Crippen molar-refractivity contribution in [3.8, 4) is 0 Å². The van der Waals surface area contributed by atoms with Crippen molar-refractivity contribution < 1.29 is 71.1 Å². The lowest BCUT2D eigenvalue weighted by Crippen LogP contribution is -2.36. The second-order valence-corrected chi connectivity index (χ2v) is 20.0. The quantitative estimate of drug-likeness (QED) is 0.0135. The first-order valence-corrected chi connectivity index (χ1v) is 27.3. The van der Waals surface area contributed by atoms with Crippen LogP contribution >= 0.6 is 15.6 Å². The molecule has 0 aromatic carbocycles. The predicted molar refractivity (Wildman–Crippen MR) is 252 cm³/mol. The van der Waals surface area contributed by atoms with Gasteiger partial charge in [0.1, 0.15) is 30.7 Å². The van der Waals surface area contributed by atoms with Crippen molar-refractivity contribution in [1.29, 1.82) is 0 Å². The Hall–Kier alpha value is -3.09. The zero-order valence-corrected chi connectivity index (χ0v) is 41.5. The van der Waals surface area contributed by atoms with E-state index in [9.17, 15) is 48.3 Å². The molecule has 21 heteroatoms. The fourth-order valence-corrected chi connectivity index (χ4v) is 9.29. The number of phosphoric acid groups is 2. The molecular formula is C46H79N3O16P2. The van der Waals surface area contributed by atoms with E-state index in [0.717, 1.165) is 87.8 Å². The molecule has 1 fully saturated rings. The maximum absolute atomic E-state index is 12.8. The van der Waals surface area contributed by atoms with E-state index in [1.807, 2.05) is 12.2 Å². The minimum atomic E-state index is -5.44. The number of carbonyl (C=O) groups excluding carboxylic acids is 3. The third-order valence-corrected chi connectivity index (χ3v) is 13.6. The highest BCUT2D eigenvalue weighted by Gasteiger charge is 2.46. The van der Waals surface area contributed by atoms with Crippen LogP contribution in [-0.4, -0.2) is 91.5 Å². The van der Waals surface area contributed by atoms with E-state index >= 15 is 0 Å². The monoisotopic (exact) mass is 991 g/mol. The zero-order chi connectivity index (χ0) is 49.3. The van der Waals surface area contributed by atoms with Gasteiger partial charge in [-0.05, 0) is 44.2 Å². The average Bonchev–Trinajstić information content (AvgIpc) is 3.55. The molecule has 1 aromatic heterocycles. The van der Waals surface area contributed by atoms with Crippen molar-refractivity contribution in [2.75, 3.05) is 25.6 Å². The van der Waals surface area contributed by atoms with Crippen LogP contribution in [-0.2, 0) is 51.1 Å². The summed E-state index contributed by atoms with van der Waals surface area (Å²) in [4.78, 5) is 73.6. The Morgan fingerprint density at radius 3 is 1.90 bits per heavy atom. The normalized spacial score (nSPS) is 19.7. The third kappa shape index (κ3) is 28.2. The molecule has 0 saturated carbocycles. The molecule has 2 rings (SSSR count). The topological polar surface area (TPSA) is 283 Å². The first kappa shape index (κ1) is 60.0. The lowest BCUT2D eigenvalue weighted by Gasteiger charge is -2.21. The number of nitrogens with zero attached hydrogens (tertiary/aromatic N) is 2. The number of phosphoric ester groups is 2. The van der Waals surface area contributed by atoms with E-state index in [4.69, 9.17) is 29.0 Å². The molecule has 1 aliphatic heterocycles. The highest BCUT2D eigenvalue weighted by molar-refractivity contribution is 7.61. The van der Waals surface area contributed by atoms with Crippen LogP contribution in [0.15, 0.2) is 41.4 Å². The number of unbranched alkanes of at least 4 members (excludes halogenated alkanes) is 19. The largest absolute Gasteiger partial charge is 0.481 e. The highest BCUT2D eigenvalue weighted by Crippen LogP contribution is 2.60. The number of aliphatic hydroxyl groups excluding tert-OH is 2. The molecular weight excluding hydrogens is 912 g/mol. The molecule has 384 valence electrons. The van der Waals surface area contributed by atoms with Gasteiger partial charge in [-0.25, -0.2) is 13.9 Å². The molecule has 2 heterocycles. The fourth-order valence-electron chi connectivity index (χ4n) is 7.18. The summed E-state index contributed by atoms with van der Waals surface area (Å²) in [6.45, 7) is 1.96. The van der Waals surface area contributed by atoms with E-state index < -0.39 is 83.7 Å². The Morgan fingerprint density at radius 2 is 1.28 bits per heavy atom. The Morgan fingerprint density at radius 1 is 0.746 bits per heavy atom. The van der Waals surface area contributed by atoms with E-state index in [-0.39, 0.29) is 24.4 Å². The molecule has 1 aliphatic rings. The van der Waals surface area contributed by atoms with E-state index in [1.54, 1.807) is 12.2 Å². The number of allylic oxidation sites excluding steroid dienone is 4. The van der Waals surface area contributed by atoms with E-state index in [2.05, 4.69) is 23.1 Å². The number of aliphatic hydroxyl groups is 2. The average molecular weight is 992 g/mol. The van der Waals surface area contributed by atoms with Gasteiger partial charge in [0, 0.05) is 25.5 Å². The molecule has 0 bridgehead atoms. The maximum Gasteiger partial charge on any atom is 0.481 e. The lowest BCUT2D eigenvalue weighted by atomic mass is 10.0. The van der Waals surface area contributed by atoms with Crippen LogP contribution < -0.4 is 11.4 Å². The molecule has 67 heavy (non-hydrogen) atoms. The molecule has 6 N–H and O–H groups in total. The molecule has 2 unspecified atom stereocenters. The number of nitrogen functional groups attached to an aromatic ring is 1. The summed E-state index contributed by atoms with van der Waals surface area (Å²) >= 11 is 0. The van der Waals surface area contributed by atoms with Gasteiger partial charge >= 0.3 is 33.3 Å². The second kappa shape index (κ2) is 35.1. The standard InChI is InChI=1S/C46H79N3O16P2/c1-3-5-7-8-9-10-11-12-13-16-19-22-26-30-41(51)60-34-38(63-42(52)31-27-23-20-17-14-15-18-21-25-29-37(50)28-24-6-4-2)35-61-66(56,57)65-67(58,59)62-36-39-43(53)44(54)45(64-39)49-33-32-40(47)48-46(49)55/h18,21,25,29,32-33,38-39,43-45,53-54H,3-17,19-20,22-24,26-28,30-31,34-36H2,1-2H3,(H,56,57)(H,58,59)(H2,47,48,55)/b21-18-,29-25+/t38-,39-,43-,44-,45-/m1/s1. The second-order valence-electron chi connectivity index (χ2n) is 17.0. The smallest absolute Gasteiger partial charge is 0.462 e. The fraction of sp³-hybridized carbons (Fsp3) is 0.761. The van der Waals surface area contributed by atoms with Crippen molar-refractivity contribution >= 4 is 39.2 Å². The summed E-state index contributed by atoms with van der Waals surface area (Å²) in [6, 6.07) is 1.24.